The van der Waals surface area contributed by atoms with Gasteiger partial charge in [-0.3, -0.25) is 9.69 Å². The Morgan fingerprint density at radius 3 is 2.64 bits per heavy atom. The lowest BCUT2D eigenvalue weighted by atomic mass is 9.88. The quantitative estimate of drug-likeness (QED) is 0.528. The number of hydrogen-bond donors (Lipinski definition) is 2. The molecule has 0 bridgehead atoms. The van der Waals surface area contributed by atoms with E-state index < -0.39 is 6.10 Å². The first-order chi connectivity index (χ1) is 15.7. The number of methoxy groups -OCH3 is 1. The Bertz CT molecular complexity index is 971. The maximum Gasteiger partial charge on any atom is 0.163 e. The Morgan fingerprint density at radius 1 is 1.18 bits per heavy atom. The van der Waals surface area contributed by atoms with Gasteiger partial charge in [0.15, 0.2) is 5.78 Å². The maximum absolute atomic E-state index is 12.9. The molecule has 2 aromatic rings. The van der Waals surface area contributed by atoms with Gasteiger partial charge >= 0.3 is 0 Å². The average molecular weight is 456 g/mol. The highest BCUT2D eigenvalue weighted by Gasteiger charge is 2.27. The van der Waals surface area contributed by atoms with Crippen LogP contribution in [0.15, 0.2) is 30.3 Å². The number of benzene rings is 2. The number of phenols is 1. The SMILES string of the molecule is COc1cc(O)cc(C(=O)CC2CCCN([C@@H](C)c3ccc(OC[C@@H](C)O)c(C)c3C)C2)c1. The molecule has 33 heavy (non-hydrogen) atoms. The summed E-state index contributed by atoms with van der Waals surface area (Å²) in [6, 6.07) is 9.06. The summed E-state index contributed by atoms with van der Waals surface area (Å²) in [5.41, 5.74) is 4.06. The number of piperidine rings is 1. The molecule has 0 spiro atoms. The Morgan fingerprint density at radius 2 is 1.94 bits per heavy atom. The van der Waals surface area contributed by atoms with E-state index in [9.17, 15) is 15.0 Å². The molecule has 3 atom stereocenters. The number of rotatable bonds is 9. The number of aromatic hydroxyl groups is 1. The van der Waals surface area contributed by atoms with E-state index in [-0.39, 0.29) is 30.1 Å². The number of ketones is 1. The van der Waals surface area contributed by atoms with E-state index >= 15 is 0 Å². The molecule has 0 aromatic heterocycles. The number of aliphatic hydroxyl groups is 1. The minimum Gasteiger partial charge on any atom is -0.508 e. The van der Waals surface area contributed by atoms with Gasteiger partial charge in [-0.25, -0.2) is 0 Å². The van der Waals surface area contributed by atoms with Gasteiger partial charge in [0.1, 0.15) is 23.9 Å². The minimum atomic E-state index is -0.503. The zero-order valence-corrected chi connectivity index (χ0v) is 20.4. The van der Waals surface area contributed by atoms with Crippen molar-refractivity contribution in [1.82, 2.24) is 4.90 Å². The van der Waals surface area contributed by atoms with Gasteiger partial charge in [-0.1, -0.05) is 6.07 Å². The molecule has 1 saturated heterocycles. The average Bonchev–Trinajstić information content (AvgIpc) is 2.79. The Hall–Kier alpha value is -2.57. The van der Waals surface area contributed by atoms with Crippen molar-refractivity contribution in [2.24, 2.45) is 5.92 Å². The number of carbonyl (C=O) groups excluding carboxylic acids is 1. The third-order valence-electron chi connectivity index (χ3n) is 6.73. The van der Waals surface area contributed by atoms with Crippen LogP contribution in [0.2, 0.25) is 0 Å². The standard InChI is InChI=1S/C27H37NO5/c1-17(29)16-33-27-9-8-25(18(2)19(27)3)20(4)28-10-6-7-21(15-28)11-26(31)22-12-23(30)14-24(13-22)32-5/h8-9,12-14,17,20-21,29-30H,6-7,10-11,15-16H2,1-5H3/t17-,20+,21?/m1/s1. The lowest BCUT2D eigenvalue weighted by Gasteiger charge is -2.37. The fourth-order valence-corrected chi connectivity index (χ4v) is 4.69. The van der Waals surface area contributed by atoms with Crippen molar-refractivity contribution in [1.29, 1.82) is 0 Å². The summed E-state index contributed by atoms with van der Waals surface area (Å²) in [5, 5.41) is 19.4. The van der Waals surface area contributed by atoms with Crippen LogP contribution in [-0.4, -0.2) is 53.8 Å². The maximum atomic E-state index is 12.9. The van der Waals surface area contributed by atoms with Crippen molar-refractivity contribution < 1.29 is 24.5 Å². The molecule has 0 saturated carbocycles. The normalized spacial score (nSPS) is 18.5. The highest BCUT2D eigenvalue weighted by molar-refractivity contribution is 5.97. The zero-order valence-electron chi connectivity index (χ0n) is 20.4. The van der Waals surface area contributed by atoms with E-state index in [1.165, 1.54) is 30.4 Å². The number of nitrogens with zero attached hydrogens (tertiary/aromatic N) is 1. The van der Waals surface area contributed by atoms with Gasteiger partial charge in [-0.15, -0.1) is 0 Å². The summed E-state index contributed by atoms with van der Waals surface area (Å²) in [4.78, 5) is 15.4. The Balaban J connectivity index is 1.68. The van der Waals surface area contributed by atoms with Gasteiger partial charge < -0.3 is 19.7 Å². The van der Waals surface area contributed by atoms with Crippen LogP contribution in [0.5, 0.6) is 17.2 Å². The van der Waals surface area contributed by atoms with Gasteiger partial charge in [-0.05, 0) is 87.9 Å². The molecular weight excluding hydrogens is 418 g/mol. The largest absolute Gasteiger partial charge is 0.508 e. The van der Waals surface area contributed by atoms with Crippen molar-refractivity contribution in [3.8, 4) is 17.2 Å². The molecule has 1 aliphatic heterocycles. The number of aliphatic hydroxyl groups excluding tert-OH is 1. The van der Waals surface area contributed by atoms with E-state index in [1.54, 1.807) is 13.0 Å². The van der Waals surface area contributed by atoms with Gasteiger partial charge in [0.25, 0.3) is 0 Å². The molecular formula is C27H37NO5. The number of ether oxygens (including phenoxy) is 2. The predicted octanol–water partition coefficient (Wildman–Crippen LogP) is 4.82. The first kappa shape index (κ1) is 25.1. The molecule has 1 heterocycles. The topological polar surface area (TPSA) is 79.2 Å². The van der Waals surface area contributed by atoms with Crippen LogP contribution in [-0.2, 0) is 0 Å². The van der Waals surface area contributed by atoms with Crippen LogP contribution in [0, 0.1) is 19.8 Å². The fourth-order valence-electron chi connectivity index (χ4n) is 4.69. The first-order valence-electron chi connectivity index (χ1n) is 11.8. The summed E-state index contributed by atoms with van der Waals surface area (Å²) in [6.07, 6.45) is 2.03. The van der Waals surface area contributed by atoms with Gasteiger partial charge in [-0.2, -0.15) is 0 Å². The second-order valence-corrected chi connectivity index (χ2v) is 9.29. The Kier molecular flexibility index (Phi) is 8.38. The summed E-state index contributed by atoms with van der Waals surface area (Å²) < 4.78 is 10.9. The van der Waals surface area contributed by atoms with Crippen LogP contribution in [0.3, 0.4) is 0 Å². The Labute approximate surface area is 197 Å². The molecule has 0 aliphatic carbocycles. The number of Topliss-reactive ketones (excluding diaryl/α,β-unsaturated/α-hetero) is 1. The van der Waals surface area contributed by atoms with Crippen LogP contribution in [0.4, 0.5) is 0 Å². The summed E-state index contributed by atoms with van der Waals surface area (Å²) in [5.74, 6) is 1.66. The van der Waals surface area contributed by atoms with E-state index in [4.69, 9.17) is 9.47 Å². The third kappa shape index (κ3) is 6.27. The lowest BCUT2D eigenvalue weighted by molar-refractivity contribution is 0.0878. The van der Waals surface area contributed by atoms with Crippen molar-refractivity contribution in [2.45, 2.75) is 59.1 Å². The number of carbonyl (C=O) groups is 1. The van der Waals surface area contributed by atoms with Crippen LogP contribution in [0.25, 0.3) is 0 Å². The first-order valence-corrected chi connectivity index (χ1v) is 11.8. The van der Waals surface area contributed by atoms with Crippen molar-refractivity contribution in [3.63, 3.8) is 0 Å². The summed E-state index contributed by atoms with van der Waals surface area (Å²) >= 11 is 0. The second kappa shape index (κ2) is 11.0. The highest BCUT2D eigenvalue weighted by atomic mass is 16.5. The molecule has 1 fully saturated rings. The van der Waals surface area contributed by atoms with E-state index in [2.05, 4.69) is 31.7 Å². The molecule has 6 heteroatoms. The highest BCUT2D eigenvalue weighted by Crippen LogP contribution is 2.34. The van der Waals surface area contributed by atoms with E-state index in [1.807, 2.05) is 6.07 Å². The molecule has 1 aliphatic rings. The summed E-state index contributed by atoms with van der Waals surface area (Å²) in [6.45, 7) is 10.3. The molecule has 2 N–H and O–H groups in total. The van der Waals surface area contributed by atoms with E-state index in [0.717, 1.165) is 37.2 Å². The third-order valence-corrected chi connectivity index (χ3v) is 6.73. The van der Waals surface area contributed by atoms with Crippen LogP contribution in [0.1, 0.15) is 66.2 Å². The monoisotopic (exact) mass is 455 g/mol. The van der Waals surface area contributed by atoms with Gasteiger partial charge in [0.2, 0.25) is 0 Å². The molecule has 180 valence electrons. The predicted molar refractivity (Wildman–Crippen MR) is 129 cm³/mol. The number of phenolic OH excluding ortho intramolecular Hbond substituents is 1. The molecule has 0 radical (unpaired) electrons. The lowest BCUT2D eigenvalue weighted by Crippen LogP contribution is -2.38. The van der Waals surface area contributed by atoms with E-state index in [0.29, 0.717) is 17.7 Å². The number of hydrogen-bond acceptors (Lipinski definition) is 6. The van der Waals surface area contributed by atoms with Crippen LogP contribution >= 0.6 is 0 Å². The van der Waals surface area contributed by atoms with Gasteiger partial charge in [0.05, 0.1) is 13.2 Å². The van der Waals surface area contributed by atoms with Gasteiger partial charge in [0, 0.05) is 30.6 Å². The minimum absolute atomic E-state index is 0.0374. The molecule has 2 aromatic carbocycles. The molecule has 3 rings (SSSR count). The second-order valence-electron chi connectivity index (χ2n) is 9.29. The van der Waals surface area contributed by atoms with Crippen LogP contribution < -0.4 is 9.47 Å². The molecule has 6 nitrogen and oxygen atoms in total. The van der Waals surface area contributed by atoms with Crippen molar-refractivity contribution in [2.75, 3.05) is 26.8 Å². The molecule has 1 unspecified atom stereocenters. The molecule has 0 amide bonds. The van der Waals surface area contributed by atoms with Crippen molar-refractivity contribution >= 4 is 5.78 Å². The zero-order chi connectivity index (χ0) is 24.1. The summed E-state index contributed by atoms with van der Waals surface area (Å²) in [7, 11) is 1.53. The smallest absolute Gasteiger partial charge is 0.163 e. The van der Waals surface area contributed by atoms with Crippen molar-refractivity contribution in [3.05, 3.63) is 52.6 Å². The fraction of sp³-hybridized carbons (Fsp3) is 0.519. The number of likely N-dealkylation sites (tertiary alicyclic amines) is 1.